The molecule has 2 atom stereocenters. The number of likely N-dealkylation sites (N-methyl/N-ethyl adjacent to an activating group) is 1. The third kappa shape index (κ3) is 2.67. The zero-order valence-electron chi connectivity index (χ0n) is 16.3. The molecule has 0 amide bonds. The lowest BCUT2D eigenvalue weighted by atomic mass is 9.72. The number of benzene rings is 2. The Kier molecular flexibility index (Phi) is 4.43. The topological polar surface area (TPSA) is 48.4 Å². The summed E-state index contributed by atoms with van der Waals surface area (Å²) in [5.41, 5.74) is 4.79. The number of aliphatic hydroxyl groups is 1. The van der Waals surface area contributed by atoms with Gasteiger partial charge in [-0.1, -0.05) is 42.5 Å². The molecule has 144 valence electrons. The zero-order chi connectivity index (χ0) is 19.1. The van der Waals surface area contributed by atoms with Crippen molar-refractivity contribution in [1.82, 2.24) is 15.2 Å². The van der Waals surface area contributed by atoms with Crippen LogP contribution in [0.4, 0.5) is 0 Å². The quantitative estimate of drug-likeness (QED) is 0.739. The van der Waals surface area contributed by atoms with Crippen LogP contribution in [0.15, 0.2) is 60.8 Å². The maximum Gasteiger partial charge on any atom is 0.0834 e. The maximum atomic E-state index is 11.6. The van der Waals surface area contributed by atoms with Crippen LogP contribution in [0.1, 0.15) is 35.6 Å². The number of nitrogens with one attached hydrogen (secondary N) is 1. The second-order valence-electron chi connectivity index (χ2n) is 8.29. The molecule has 3 aromatic rings. The van der Waals surface area contributed by atoms with Gasteiger partial charge in [-0.25, -0.2) is 0 Å². The molecule has 0 saturated carbocycles. The fourth-order valence-corrected chi connectivity index (χ4v) is 5.43. The summed E-state index contributed by atoms with van der Waals surface area (Å²) in [6.45, 7) is 2.72. The minimum Gasteiger partial charge on any atom is -0.390 e. The standard InChI is InChI=1S/C24H27N3O/c1-27(16-17-6-4-10-21-18(17)8-5-13-26-21)22-19-7-2-3-9-20(19)24(23(22)28)11-14-25-15-12-24/h2-10,13,22-23,25,28H,11-12,14-16H2,1H3/t22-,23+/m1/s1. The molecule has 4 heteroatoms. The van der Waals surface area contributed by atoms with Gasteiger partial charge in [0.05, 0.1) is 17.7 Å². The van der Waals surface area contributed by atoms with Gasteiger partial charge >= 0.3 is 0 Å². The number of nitrogens with zero attached hydrogens (tertiary/aromatic N) is 2. The fraction of sp³-hybridized carbons (Fsp3) is 0.375. The van der Waals surface area contributed by atoms with Gasteiger partial charge in [-0.2, -0.15) is 0 Å². The van der Waals surface area contributed by atoms with Crippen molar-refractivity contribution < 1.29 is 5.11 Å². The predicted molar refractivity (Wildman–Crippen MR) is 112 cm³/mol. The van der Waals surface area contributed by atoms with E-state index in [0.29, 0.717) is 0 Å². The number of aliphatic hydroxyl groups excluding tert-OH is 1. The third-order valence-electron chi connectivity index (χ3n) is 6.81. The van der Waals surface area contributed by atoms with E-state index < -0.39 is 0 Å². The lowest BCUT2D eigenvalue weighted by molar-refractivity contribution is 0.00431. The summed E-state index contributed by atoms with van der Waals surface area (Å²) in [7, 11) is 2.14. The van der Waals surface area contributed by atoms with Crippen molar-refractivity contribution in [1.29, 1.82) is 0 Å². The van der Waals surface area contributed by atoms with Gasteiger partial charge in [-0.15, -0.1) is 0 Å². The lowest BCUT2D eigenvalue weighted by Crippen LogP contribution is -2.48. The molecule has 1 spiro atoms. The van der Waals surface area contributed by atoms with Crippen LogP contribution in [0.25, 0.3) is 10.9 Å². The normalized spacial score (nSPS) is 23.4. The monoisotopic (exact) mass is 373 g/mol. The summed E-state index contributed by atoms with van der Waals surface area (Å²) in [5, 5.41) is 16.2. The molecule has 1 aliphatic carbocycles. The largest absolute Gasteiger partial charge is 0.390 e. The van der Waals surface area contributed by atoms with Crippen molar-refractivity contribution in [3.63, 3.8) is 0 Å². The van der Waals surface area contributed by atoms with Gasteiger partial charge in [0.25, 0.3) is 0 Å². The van der Waals surface area contributed by atoms with E-state index in [9.17, 15) is 5.11 Å². The molecule has 1 aliphatic heterocycles. The molecule has 28 heavy (non-hydrogen) atoms. The minimum absolute atomic E-state index is 0.0150. The highest BCUT2D eigenvalue weighted by atomic mass is 16.3. The lowest BCUT2D eigenvalue weighted by Gasteiger charge is -2.40. The Morgan fingerprint density at radius 2 is 1.89 bits per heavy atom. The van der Waals surface area contributed by atoms with Crippen molar-refractivity contribution in [2.75, 3.05) is 20.1 Å². The molecular weight excluding hydrogens is 346 g/mol. The molecule has 2 aliphatic rings. The number of piperidine rings is 1. The average molecular weight is 374 g/mol. The maximum absolute atomic E-state index is 11.6. The molecule has 5 rings (SSSR count). The van der Waals surface area contributed by atoms with Crippen LogP contribution >= 0.6 is 0 Å². The molecule has 1 aromatic heterocycles. The molecule has 0 unspecified atom stereocenters. The van der Waals surface area contributed by atoms with Crippen molar-refractivity contribution in [2.24, 2.45) is 0 Å². The van der Waals surface area contributed by atoms with Crippen LogP contribution in [0, 0.1) is 0 Å². The van der Waals surface area contributed by atoms with E-state index in [4.69, 9.17) is 0 Å². The van der Waals surface area contributed by atoms with Gasteiger partial charge in [0.15, 0.2) is 0 Å². The van der Waals surface area contributed by atoms with Gasteiger partial charge < -0.3 is 10.4 Å². The Morgan fingerprint density at radius 3 is 2.75 bits per heavy atom. The first kappa shape index (κ1) is 17.8. The van der Waals surface area contributed by atoms with Gasteiger partial charge in [-0.05, 0) is 61.8 Å². The van der Waals surface area contributed by atoms with E-state index >= 15 is 0 Å². The number of hydrogen-bond acceptors (Lipinski definition) is 4. The first-order valence-electron chi connectivity index (χ1n) is 10.2. The SMILES string of the molecule is CN(Cc1cccc2ncccc12)[C@@H]1c2ccccc2C2(CCNCC2)[C@H]1O. The highest BCUT2D eigenvalue weighted by Crippen LogP contribution is 2.52. The van der Waals surface area contributed by atoms with E-state index in [1.54, 1.807) is 0 Å². The van der Waals surface area contributed by atoms with E-state index in [0.717, 1.165) is 38.0 Å². The van der Waals surface area contributed by atoms with Crippen LogP contribution in [-0.2, 0) is 12.0 Å². The summed E-state index contributed by atoms with van der Waals surface area (Å²) < 4.78 is 0. The summed E-state index contributed by atoms with van der Waals surface area (Å²) in [6, 6.07) is 19.1. The second-order valence-corrected chi connectivity index (χ2v) is 8.29. The highest BCUT2D eigenvalue weighted by molar-refractivity contribution is 5.81. The van der Waals surface area contributed by atoms with E-state index in [1.807, 2.05) is 12.3 Å². The van der Waals surface area contributed by atoms with Crippen molar-refractivity contribution in [2.45, 2.75) is 36.9 Å². The average Bonchev–Trinajstić information content (AvgIpc) is 2.97. The van der Waals surface area contributed by atoms with Crippen LogP contribution in [0.3, 0.4) is 0 Å². The van der Waals surface area contributed by atoms with Crippen molar-refractivity contribution in [3.8, 4) is 0 Å². The third-order valence-corrected chi connectivity index (χ3v) is 6.81. The second kappa shape index (κ2) is 6.96. The molecule has 0 bridgehead atoms. The van der Waals surface area contributed by atoms with E-state index in [1.165, 1.54) is 22.1 Å². The number of aromatic nitrogens is 1. The Hall–Kier alpha value is -2.27. The van der Waals surface area contributed by atoms with Crippen LogP contribution in [0.2, 0.25) is 0 Å². The highest BCUT2D eigenvalue weighted by Gasteiger charge is 2.52. The molecule has 0 radical (unpaired) electrons. The van der Waals surface area contributed by atoms with Crippen LogP contribution in [0.5, 0.6) is 0 Å². The first-order valence-corrected chi connectivity index (χ1v) is 10.2. The Morgan fingerprint density at radius 1 is 1.07 bits per heavy atom. The predicted octanol–water partition coefficient (Wildman–Crippen LogP) is 3.40. The molecule has 2 aromatic carbocycles. The number of fused-ring (bicyclic) bond motifs is 3. The molecular formula is C24H27N3O. The van der Waals surface area contributed by atoms with Gasteiger partial charge in [0, 0.05) is 23.5 Å². The first-order chi connectivity index (χ1) is 13.7. The van der Waals surface area contributed by atoms with Crippen LogP contribution < -0.4 is 5.32 Å². The number of pyridine rings is 1. The van der Waals surface area contributed by atoms with Crippen LogP contribution in [-0.4, -0.2) is 41.2 Å². The van der Waals surface area contributed by atoms with Gasteiger partial charge in [0.1, 0.15) is 0 Å². The Balaban J connectivity index is 1.52. The molecule has 1 saturated heterocycles. The summed E-state index contributed by atoms with van der Waals surface area (Å²) in [6.07, 6.45) is 3.44. The molecule has 2 N–H and O–H groups in total. The molecule has 1 fully saturated rings. The number of hydrogen-bond donors (Lipinski definition) is 2. The zero-order valence-corrected chi connectivity index (χ0v) is 16.3. The Labute approximate surface area is 166 Å². The summed E-state index contributed by atoms with van der Waals surface area (Å²) in [5.74, 6) is 0. The Bertz CT molecular complexity index is 991. The smallest absolute Gasteiger partial charge is 0.0834 e. The van der Waals surface area contributed by atoms with E-state index in [-0.39, 0.29) is 17.6 Å². The van der Waals surface area contributed by atoms with Gasteiger partial charge in [0.2, 0.25) is 0 Å². The molecule has 2 heterocycles. The van der Waals surface area contributed by atoms with E-state index in [2.05, 4.69) is 70.8 Å². The fourth-order valence-electron chi connectivity index (χ4n) is 5.43. The summed E-state index contributed by atoms with van der Waals surface area (Å²) >= 11 is 0. The van der Waals surface area contributed by atoms with Crippen molar-refractivity contribution >= 4 is 10.9 Å². The van der Waals surface area contributed by atoms with Crippen molar-refractivity contribution in [3.05, 3.63) is 77.5 Å². The molecule has 4 nitrogen and oxygen atoms in total. The summed E-state index contributed by atoms with van der Waals surface area (Å²) in [4.78, 5) is 6.81. The van der Waals surface area contributed by atoms with Gasteiger partial charge in [-0.3, -0.25) is 9.88 Å². The minimum atomic E-state index is -0.384. The number of rotatable bonds is 3.